The van der Waals surface area contributed by atoms with Gasteiger partial charge in [0.1, 0.15) is 0 Å². The molecule has 112 valence electrons. The molecule has 0 rings (SSSR count). The second kappa shape index (κ2) is 18.4. The van der Waals surface area contributed by atoms with E-state index in [0.717, 1.165) is 32.5 Å². The Kier molecular flexibility index (Phi) is 22.1. The maximum atomic E-state index is 5.54. The van der Waals surface area contributed by atoms with Crippen LogP contribution in [0.4, 0.5) is 0 Å². The molecule has 0 spiro atoms. The fourth-order valence-corrected chi connectivity index (χ4v) is 2.40. The van der Waals surface area contributed by atoms with Crippen LogP contribution in [0.5, 0.6) is 0 Å². The van der Waals surface area contributed by atoms with Crippen LogP contribution in [0.1, 0.15) is 12.8 Å². The maximum Gasteiger partial charge on any atom is 0.0351 e. The molecule has 0 aromatic heterocycles. The van der Waals surface area contributed by atoms with Crippen LogP contribution in [0.2, 0.25) is 0 Å². The molecule has 0 saturated carbocycles. The van der Waals surface area contributed by atoms with Crippen LogP contribution in [-0.4, -0.2) is 60.0 Å². The summed E-state index contributed by atoms with van der Waals surface area (Å²) in [6, 6.07) is 0.199. The Balaban J connectivity index is 0. The molecule has 2 nitrogen and oxygen atoms in total. The van der Waals surface area contributed by atoms with Gasteiger partial charge in [0.05, 0.1) is 0 Å². The van der Waals surface area contributed by atoms with E-state index in [9.17, 15) is 0 Å². The first-order valence-electron chi connectivity index (χ1n) is 5.93. The number of rotatable bonds is 10. The minimum Gasteiger partial charge on any atom is -0.328 e. The van der Waals surface area contributed by atoms with Crippen LogP contribution in [0, 0.1) is 0 Å². The lowest BCUT2D eigenvalue weighted by atomic mass is 10.2. The van der Waals surface area contributed by atoms with Crippen molar-refractivity contribution in [2.24, 2.45) is 5.73 Å². The fourth-order valence-electron chi connectivity index (χ4n) is 1.12. The molecule has 18 heavy (non-hydrogen) atoms. The second-order valence-corrected chi connectivity index (χ2v) is 5.51. The highest BCUT2D eigenvalue weighted by Crippen LogP contribution is 1.97. The first-order valence-corrected chi connectivity index (χ1v) is 8.61. The topological polar surface area (TPSA) is 29.3 Å². The standard InChI is InChI=1S/C6H12Cl3N.C5H11Cl2N/c7-1-4-10(5-2-8)6-3-9;6-3-1-5(8)2-4-7/h1-6H2;5H,1-4,8H2. The summed E-state index contributed by atoms with van der Waals surface area (Å²) in [5, 5.41) is 0. The lowest BCUT2D eigenvalue weighted by Gasteiger charge is -2.17. The zero-order valence-electron chi connectivity index (χ0n) is 10.6. The van der Waals surface area contributed by atoms with Gasteiger partial charge in [-0.3, -0.25) is 4.90 Å². The van der Waals surface area contributed by atoms with Crippen LogP contribution in [0.15, 0.2) is 0 Å². The van der Waals surface area contributed by atoms with E-state index >= 15 is 0 Å². The van der Waals surface area contributed by atoms with Crippen molar-refractivity contribution >= 4 is 58.0 Å². The molecule has 2 N–H and O–H groups in total. The summed E-state index contributed by atoms with van der Waals surface area (Å²) in [6.07, 6.45) is 1.74. The molecule has 0 aliphatic rings. The van der Waals surface area contributed by atoms with Crippen molar-refractivity contribution in [2.75, 3.05) is 49.0 Å². The highest BCUT2D eigenvalue weighted by atomic mass is 35.5. The molecule has 0 unspecified atom stereocenters. The zero-order valence-corrected chi connectivity index (χ0v) is 14.3. The van der Waals surface area contributed by atoms with E-state index in [1.54, 1.807) is 0 Å². The van der Waals surface area contributed by atoms with Gasteiger partial charge in [-0.1, -0.05) is 0 Å². The summed E-state index contributed by atoms with van der Waals surface area (Å²) in [5.41, 5.74) is 5.53. The third kappa shape index (κ3) is 17.4. The summed E-state index contributed by atoms with van der Waals surface area (Å²) in [6.45, 7) is 2.63. The van der Waals surface area contributed by atoms with E-state index in [1.807, 2.05) is 0 Å². The zero-order chi connectivity index (χ0) is 14.2. The van der Waals surface area contributed by atoms with E-state index in [-0.39, 0.29) is 6.04 Å². The largest absolute Gasteiger partial charge is 0.328 e. The molecule has 0 aromatic carbocycles. The minimum atomic E-state index is 0.199. The van der Waals surface area contributed by atoms with Crippen molar-refractivity contribution in [1.82, 2.24) is 4.90 Å². The summed E-state index contributed by atoms with van der Waals surface area (Å²) in [5.74, 6) is 3.21. The highest BCUT2D eigenvalue weighted by Gasteiger charge is 2.00. The Labute approximate surface area is 136 Å². The smallest absolute Gasteiger partial charge is 0.0351 e. The normalized spacial score (nSPS) is 10.7. The minimum absolute atomic E-state index is 0.199. The molecule has 0 heterocycles. The molecule has 0 saturated heterocycles. The van der Waals surface area contributed by atoms with E-state index < -0.39 is 0 Å². The van der Waals surface area contributed by atoms with Gasteiger partial charge >= 0.3 is 0 Å². The molecule has 7 heteroatoms. The van der Waals surface area contributed by atoms with E-state index in [2.05, 4.69) is 4.90 Å². The predicted molar refractivity (Wildman–Crippen MR) is 87.2 cm³/mol. The van der Waals surface area contributed by atoms with Crippen molar-refractivity contribution in [2.45, 2.75) is 18.9 Å². The SMILES string of the molecule is ClCCN(CCCl)CCCl.NC(CCCl)CCCl. The van der Waals surface area contributed by atoms with Crippen LogP contribution in [-0.2, 0) is 0 Å². The lowest BCUT2D eigenvalue weighted by Crippen LogP contribution is -2.29. The number of nitrogens with zero attached hydrogens (tertiary/aromatic N) is 1. The monoisotopic (exact) mass is 358 g/mol. The first kappa shape index (κ1) is 21.7. The predicted octanol–water partition coefficient (Wildman–Crippen LogP) is 3.58. The fraction of sp³-hybridized carbons (Fsp3) is 1.00. The molecule has 0 bridgehead atoms. The van der Waals surface area contributed by atoms with Gasteiger partial charge in [0, 0.05) is 55.1 Å². The number of nitrogens with two attached hydrogens (primary N) is 1. The molecular weight excluding hydrogens is 337 g/mol. The molecule has 0 amide bonds. The quantitative estimate of drug-likeness (QED) is 0.604. The average molecular weight is 361 g/mol. The number of hydrogen-bond acceptors (Lipinski definition) is 2. The van der Waals surface area contributed by atoms with Crippen molar-refractivity contribution in [3.63, 3.8) is 0 Å². The maximum absolute atomic E-state index is 5.54. The van der Waals surface area contributed by atoms with E-state index in [0.29, 0.717) is 29.4 Å². The highest BCUT2D eigenvalue weighted by molar-refractivity contribution is 6.19. The third-order valence-electron chi connectivity index (χ3n) is 2.16. The van der Waals surface area contributed by atoms with Gasteiger partial charge in [-0.05, 0) is 12.8 Å². The van der Waals surface area contributed by atoms with Gasteiger partial charge in [0.15, 0.2) is 0 Å². The van der Waals surface area contributed by atoms with Crippen molar-refractivity contribution in [1.29, 1.82) is 0 Å². The molecule has 0 aliphatic heterocycles. The number of alkyl halides is 5. The first-order chi connectivity index (χ1) is 8.65. The molecule has 0 atom stereocenters. The Bertz CT molecular complexity index is 131. The van der Waals surface area contributed by atoms with Gasteiger partial charge < -0.3 is 5.73 Å². The second-order valence-electron chi connectivity index (χ2n) is 3.62. The van der Waals surface area contributed by atoms with Crippen LogP contribution < -0.4 is 5.73 Å². The molecular formula is C11H23Cl5N2. The summed E-state index contributed by atoms with van der Waals surface area (Å²) >= 11 is 27.4. The van der Waals surface area contributed by atoms with Crippen molar-refractivity contribution < 1.29 is 0 Å². The number of halogens is 5. The summed E-state index contributed by atoms with van der Waals surface area (Å²) < 4.78 is 0. The van der Waals surface area contributed by atoms with Gasteiger partial charge in [-0.2, -0.15) is 0 Å². The Morgan fingerprint density at radius 3 is 1.22 bits per heavy atom. The summed E-state index contributed by atoms with van der Waals surface area (Å²) in [7, 11) is 0. The Hall–Kier alpha value is 1.37. The van der Waals surface area contributed by atoms with Crippen molar-refractivity contribution in [3.05, 3.63) is 0 Å². The molecule has 0 fully saturated rings. The molecule has 0 aliphatic carbocycles. The van der Waals surface area contributed by atoms with Crippen molar-refractivity contribution in [3.8, 4) is 0 Å². The van der Waals surface area contributed by atoms with Gasteiger partial charge in [-0.25, -0.2) is 0 Å². The van der Waals surface area contributed by atoms with Gasteiger partial charge in [0.2, 0.25) is 0 Å². The Morgan fingerprint density at radius 1 is 0.667 bits per heavy atom. The average Bonchev–Trinajstić information content (AvgIpc) is 2.31. The number of hydrogen-bond donors (Lipinski definition) is 1. The Morgan fingerprint density at radius 2 is 1.00 bits per heavy atom. The lowest BCUT2D eigenvalue weighted by molar-refractivity contribution is 0.327. The molecule has 0 radical (unpaired) electrons. The third-order valence-corrected chi connectivity index (χ3v) is 3.11. The summed E-state index contributed by atoms with van der Waals surface area (Å²) in [4.78, 5) is 2.15. The van der Waals surface area contributed by atoms with E-state index in [4.69, 9.17) is 63.7 Å². The van der Waals surface area contributed by atoms with E-state index in [1.165, 1.54) is 0 Å². The van der Waals surface area contributed by atoms with Gasteiger partial charge in [0.25, 0.3) is 0 Å². The van der Waals surface area contributed by atoms with Crippen LogP contribution in [0.25, 0.3) is 0 Å². The molecule has 0 aromatic rings. The van der Waals surface area contributed by atoms with Crippen LogP contribution >= 0.6 is 58.0 Å². The van der Waals surface area contributed by atoms with Crippen LogP contribution in [0.3, 0.4) is 0 Å². The van der Waals surface area contributed by atoms with Gasteiger partial charge in [-0.15, -0.1) is 58.0 Å².